The highest BCUT2D eigenvalue weighted by Crippen LogP contribution is 2.32. The molecule has 1 aliphatic carbocycles. The van der Waals surface area contributed by atoms with Crippen LogP contribution in [0.2, 0.25) is 0 Å². The van der Waals surface area contributed by atoms with Gasteiger partial charge in [0.15, 0.2) is 5.13 Å². The van der Waals surface area contributed by atoms with Gasteiger partial charge in [0.1, 0.15) is 0 Å². The molecule has 0 radical (unpaired) electrons. The van der Waals surface area contributed by atoms with Crippen LogP contribution in [0.3, 0.4) is 0 Å². The van der Waals surface area contributed by atoms with Crippen molar-refractivity contribution in [3.8, 4) is 0 Å². The van der Waals surface area contributed by atoms with Crippen molar-refractivity contribution >= 4 is 28.3 Å². The number of rotatable bonds is 4. The summed E-state index contributed by atoms with van der Waals surface area (Å²) in [6.45, 7) is 2.09. The van der Waals surface area contributed by atoms with Crippen LogP contribution in [0, 0.1) is 11.8 Å². The Hall–Kier alpha value is -1.43. The van der Waals surface area contributed by atoms with Crippen LogP contribution in [0.15, 0.2) is 5.38 Å². The third-order valence-electron chi connectivity index (χ3n) is 3.31. The summed E-state index contributed by atoms with van der Waals surface area (Å²) < 4.78 is 0. The molecule has 0 aliphatic heterocycles. The second-order valence-corrected chi connectivity index (χ2v) is 5.58. The molecular weight excluding hydrogens is 252 g/mol. The van der Waals surface area contributed by atoms with E-state index in [-0.39, 0.29) is 18.2 Å². The lowest BCUT2D eigenvalue weighted by molar-refractivity contribution is -0.136. The molecule has 1 saturated carbocycles. The third kappa shape index (κ3) is 3.07. The van der Waals surface area contributed by atoms with Crippen molar-refractivity contribution in [2.24, 2.45) is 11.8 Å². The first-order valence-corrected chi connectivity index (χ1v) is 6.91. The lowest BCUT2D eigenvalue weighted by atomic mass is 9.97. The minimum atomic E-state index is -0.914. The fourth-order valence-corrected chi connectivity index (χ4v) is 3.05. The van der Waals surface area contributed by atoms with Crippen molar-refractivity contribution in [3.63, 3.8) is 0 Å². The van der Waals surface area contributed by atoms with E-state index in [1.807, 2.05) is 0 Å². The summed E-state index contributed by atoms with van der Waals surface area (Å²) in [6, 6.07) is 0. The van der Waals surface area contributed by atoms with Crippen molar-refractivity contribution in [2.75, 3.05) is 5.32 Å². The summed E-state index contributed by atoms with van der Waals surface area (Å²) in [5.74, 6) is -0.418. The predicted octanol–water partition coefficient (Wildman–Crippen LogP) is 2.14. The highest BCUT2D eigenvalue weighted by Gasteiger charge is 2.30. The number of carbonyl (C=O) groups is 2. The maximum Gasteiger partial charge on any atom is 0.309 e. The van der Waals surface area contributed by atoms with Gasteiger partial charge < -0.3 is 10.4 Å². The van der Waals surface area contributed by atoms with Gasteiger partial charge in [-0.2, -0.15) is 0 Å². The molecule has 1 amide bonds. The number of aliphatic carboxylic acids is 1. The summed E-state index contributed by atoms with van der Waals surface area (Å²) in [4.78, 5) is 26.6. The Balaban J connectivity index is 1.94. The molecule has 2 rings (SSSR count). The number of hydrogen-bond acceptors (Lipinski definition) is 4. The molecule has 0 aromatic carbocycles. The Morgan fingerprint density at radius 3 is 2.94 bits per heavy atom. The maximum absolute atomic E-state index is 12.0. The molecule has 0 saturated heterocycles. The largest absolute Gasteiger partial charge is 0.481 e. The van der Waals surface area contributed by atoms with Gasteiger partial charge in [-0.15, -0.1) is 11.3 Å². The first kappa shape index (κ1) is 13.0. The highest BCUT2D eigenvalue weighted by atomic mass is 32.1. The van der Waals surface area contributed by atoms with E-state index in [1.165, 1.54) is 11.3 Å². The third-order valence-corrected chi connectivity index (χ3v) is 4.12. The SMILES string of the molecule is CC1CCCC1C(=O)Nc1nc(CC(=O)O)cs1. The summed E-state index contributed by atoms with van der Waals surface area (Å²) in [6.07, 6.45) is 3.02. The summed E-state index contributed by atoms with van der Waals surface area (Å²) in [7, 11) is 0. The molecule has 98 valence electrons. The van der Waals surface area contributed by atoms with Gasteiger partial charge in [0.25, 0.3) is 0 Å². The number of carboxylic acid groups (broad SMARTS) is 1. The van der Waals surface area contributed by atoms with Gasteiger partial charge in [0.05, 0.1) is 12.1 Å². The van der Waals surface area contributed by atoms with Crippen molar-refractivity contribution in [1.29, 1.82) is 0 Å². The molecule has 1 aliphatic rings. The van der Waals surface area contributed by atoms with Gasteiger partial charge in [0.2, 0.25) is 5.91 Å². The minimum absolute atomic E-state index is 0.0104. The Morgan fingerprint density at radius 1 is 1.56 bits per heavy atom. The van der Waals surface area contributed by atoms with E-state index in [0.717, 1.165) is 19.3 Å². The topological polar surface area (TPSA) is 79.3 Å². The molecule has 2 unspecified atom stereocenters. The van der Waals surface area contributed by atoms with Crippen LogP contribution >= 0.6 is 11.3 Å². The van der Waals surface area contributed by atoms with Crippen LogP contribution < -0.4 is 5.32 Å². The van der Waals surface area contributed by atoms with Crippen LogP contribution in [-0.2, 0) is 16.0 Å². The van der Waals surface area contributed by atoms with Gasteiger partial charge in [-0.05, 0) is 18.8 Å². The second-order valence-electron chi connectivity index (χ2n) is 4.72. The van der Waals surface area contributed by atoms with Crippen molar-refractivity contribution < 1.29 is 14.7 Å². The number of thiazole rings is 1. The average Bonchev–Trinajstić information content (AvgIpc) is 2.87. The lowest BCUT2D eigenvalue weighted by Gasteiger charge is -2.13. The predicted molar refractivity (Wildman–Crippen MR) is 68.6 cm³/mol. The van der Waals surface area contributed by atoms with E-state index in [1.54, 1.807) is 5.38 Å². The molecular formula is C12H16N2O3S. The molecule has 1 aromatic heterocycles. The molecule has 0 bridgehead atoms. The fourth-order valence-electron chi connectivity index (χ4n) is 2.33. The van der Waals surface area contributed by atoms with E-state index in [2.05, 4.69) is 17.2 Å². The van der Waals surface area contributed by atoms with Gasteiger partial charge >= 0.3 is 5.97 Å². The van der Waals surface area contributed by atoms with Crippen LogP contribution in [0.5, 0.6) is 0 Å². The van der Waals surface area contributed by atoms with Crippen LogP contribution in [0.1, 0.15) is 31.9 Å². The summed E-state index contributed by atoms with van der Waals surface area (Å²) >= 11 is 1.27. The Morgan fingerprint density at radius 2 is 2.33 bits per heavy atom. The highest BCUT2D eigenvalue weighted by molar-refractivity contribution is 7.13. The van der Waals surface area contributed by atoms with E-state index in [9.17, 15) is 9.59 Å². The average molecular weight is 268 g/mol. The number of carbonyl (C=O) groups excluding carboxylic acids is 1. The van der Waals surface area contributed by atoms with Crippen LogP contribution in [0.4, 0.5) is 5.13 Å². The molecule has 1 heterocycles. The molecule has 1 fully saturated rings. The van der Waals surface area contributed by atoms with E-state index in [4.69, 9.17) is 5.11 Å². The van der Waals surface area contributed by atoms with Gasteiger partial charge in [-0.1, -0.05) is 13.3 Å². The number of hydrogen-bond donors (Lipinski definition) is 2. The fraction of sp³-hybridized carbons (Fsp3) is 0.583. The molecule has 2 atom stereocenters. The monoisotopic (exact) mass is 268 g/mol. The van der Waals surface area contributed by atoms with Gasteiger partial charge in [-0.25, -0.2) is 4.98 Å². The minimum Gasteiger partial charge on any atom is -0.481 e. The quantitative estimate of drug-likeness (QED) is 0.877. The molecule has 0 spiro atoms. The summed E-state index contributed by atoms with van der Waals surface area (Å²) in [5.41, 5.74) is 0.488. The lowest BCUT2D eigenvalue weighted by Crippen LogP contribution is -2.24. The molecule has 1 aromatic rings. The number of amides is 1. The van der Waals surface area contributed by atoms with Crippen molar-refractivity contribution in [2.45, 2.75) is 32.6 Å². The first-order valence-electron chi connectivity index (χ1n) is 6.03. The van der Waals surface area contributed by atoms with E-state index in [0.29, 0.717) is 16.7 Å². The maximum atomic E-state index is 12.0. The van der Waals surface area contributed by atoms with E-state index >= 15 is 0 Å². The van der Waals surface area contributed by atoms with Crippen molar-refractivity contribution in [3.05, 3.63) is 11.1 Å². The number of nitrogens with zero attached hydrogens (tertiary/aromatic N) is 1. The normalized spacial score (nSPS) is 22.9. The van der Waals surface area contributed by atoms with Crippen molar-refractivity contribution in [1.82, 2.24) is 4.98 Å². The molecule has 18 heavy (non-hydrogen) atoms. The number of aromatic nitrogens is 1. The van der Waals surface area contributed by atoms with Gasteiger partial charge in [0, 0.05) is 11.3 Å². The number of carboxylic acids is 1. The molecule has 5 nitrogen and oxygen atoms in total. The zero-order chi connectivity index (χ0) is 13.1. The van der Waals surface area contributed by atoms with E-state index < -0.39 is 5.97 Å². The summed E-state index contributed by atoms with van der Waals surface area (Å²) in [5, 5.41) is 13.6. The van der Waals surface area contributed by atoms with Crippen LogP contribution in [0.25, 0.3) is 0 Å². The Kier molecular flexibility index (Phi) is 3.96. The molecule has 6 heteroatoms. The number of anilines is 1. The molecule has 2 N–H and O–H groups in total. The number of nitrogens with one attached hydrogen (secondary N) is 1. The first-order chi connectivity index (χ1) is 8.56. The van der Waals surface area contributed by atoms with Crippen LogP contribution in [-0.4, -0.2) is 22.0 Å². The standard InChI is InChI=1S/C12H16N2O3S/c1-7-3-2-4-9(7)11(17)14-12-13-8(6-18-12)5-10(15)16/h6-7,9H,2-5H2,1H3,(H,15,16)(H,13,14,17). The zero-order valence-electron chi connectivity index (χ0n) is 10.2. The zero-order valence-corrected chi connectivity index (χ0v) is 11.0. The second kappa shape index (κ2) is 5.48. The smallest absolute Gasteiger partial charge is 0.309 e. The Labute approximate surface area is 109 Å². The van der Waals surface area contributed by atoms with Gasteiger partial charge in [-0.3, -0.25) is 9.59 Å². The Bertz CT molecular complexity index is 458.